The van der Waals surface area contributed by atoms with Gasteiger partial charge < -0.3 is 15.4 Å². The molecule has 0 aromatic heterocycles. The normalized spacial score (nSPS) is 11.8. The molecule has 5 nitrogen and oxygen atoms in total. The summed E-state index contributed by atoms with van der Waals surface area (Å²) in [5.41, 5.74) is 1.90. The smallest absolute Gasteiger partial charge is 0.339 e. The van der Waals surface area contributed by atoms with Gasteiger partial charge in [-0.05, 0) is 35.4 Å². The first-order chi connectivity index (χ1) is 13.1. The zero-order valence-corrected chi connectivity index (χ0v) is 15.4. The molecule has 0 radical (unpaired) electrons. The summed E-state index contributed by atoms with van der Waals surface area (Å²) in [6.07, 6.45) is 0. The molecule has 0 unspecified atom stereocenters. The van der Waals surface area contributed by atoms with Crippen molar-refractivity contribution in [3.63, 3.8) is 0 Å². The quantitative estimate of drug-likeness (QED) is 0.652. The Hall–Kier alpha value is -3.18. The van der Waals surface area contributed by atoms with E-state index in [2.05, 4.69) is 34.9 Å². The summed E-state index contributed by atoms with van der Waals surface area (Å²) in [6, 6.07) is 21.1. The van der Waals surface area contributed by atoms with Gasteiger partial charge in [-0.3, -0.25) is 4.79 Å². The molecule has 0 saturated carbocycles. The van der Waals surface area contributed by atoms with Crippen molar-refractivity contribution in [2.45, 2.75) is 13.0 Å². The van der Waals surface area contributed by atoms with Crippen molar-refractivity contribution in [1.29, 1.82) is 0 Å². The molecule has 0 spiro atoms. The van der Waals surface area contributed by atoms with E-state index in [1.807, 2.05) is 25.1 Å². The average Bonchev–Trinajstić information content (AvgIpc) is 2.71. The largest absolute Gasteiger partial charge is 0.465 e. The number of esters is 1. The van der Waals surface area contributed by atoms with Gasteiger partial charge in [0.2, 0.25) is 5.91 Å². The zero-order chi connectivity index (χ0) is 19.2. The maximum atomic E-state index is 12.3. The maximum Gasteiger partial charge on any atom is 0.339 e. The summed E-state index contributed by atoms with van der Waals surface area (Å²) >= 11 is 0. The number of benzene rings is 3. The molecular weight excluding hydrogens is 340 g/mol. The summed E-state index contributed by atoms with van der Waals surface area (Å²) in [5, 5.41) is 8.34. The maximum absolute atomic E-state index is 12.3. The number of amides is 1. The van der Waals surface area contributed by atoms with Crippen LogP contribution in [0, 0.1) is 0 Å². The highest BCUT2D eigenvalue weighted by atomic mass is 16.5. The van der Waals surface area contributed by atoms with Crippen molar-refractivity contribution in [2.24, 2.45) is 0 Å². The first kappa shape index (κ1) is 18.6. The number of ether oxygens (including phenoxy) is 1. The van der Waals surface area contributed by atoms with Crippen LogP contribution in [0.15, 0.2) is 66.7 Å². The number of anilines is 1. The Morgan fingerprint density at radius 3 is 2.48 bits per heavy atom. The number of carbonyl (C=O) groups is 2. The second kappa shape index (κ2) is 8.47. The fraction of sp³-hybridized carbons (Fsp3) is 0.182. The van der Waals surface area contributed by atoms with E-state index in [1.165, 1.54) is 12.5 Å². The van der Waals surface area contributed by atoms with E-state index < -0.39 is 5.97 Å². The van der Waals surface area contributed by atoms with E-state index >= 15 is 0 Å². The lowest BCUT2D eigenvalue weighted by Gasteiger charge is -2.17. The molecule has 0 aliphatic carbocycles. The van der Waals surface area contributed by atoms with Crippen molar-refractivity contribution in [1.82, 2.24) is 5.32 Å². The number of carbonyl (C=O) groups excluding carboxylic acids is 2. The molecule has 5 heteroatoms. The van der Waals surface area contributed by atoms with Crippen LogP contribution >= 0.6 is 0 Å². The monoisotopic (exact) mass is 362 g/mol. The number of hydrogen-bond donors (Lipinski definition) is 2. The SMILES string of the molecule is COC(=O)c1ccccc1NC(=O)CN[C@H](C)c1cccc2ccccc12. The summed E-state index contributed by atoms with van der Waals surface area (Å²) in [7, 11) is 1.31. The fourth-order valence-electron chi connectivity index (χ4n) is 3.06. The molecule has 3 aromatic rings. The minimum absolute atomic E-state index is 0.00213. The Balaban J connectivity index is 1.67. The predicted molar refractivity (Wildman–Crippen MR) is 107 cm³/mol. The van der Waals surface area contributed by atoms with Crippen LogP contribution in [0.3, 0.4) is 0 Å². The van der Waals surface area contributed by atoms with Gasteiger partial charge in [0.25, 0.3) is 0 Å². The third kappa shape index (κ3) is 4.33. The minimum atomic E-state index is -0.483. The minimum Gasteiger partial charge on any atom is -0.465 e. The van der Waals surface area contributed by atoms with Gasteiger partial charge in [0.05, 0.1) is 24.9 Å². The van der Waals surface area contributed by atoms with Gasteiger partial charge in [0, 0.05) is 6.04 Å². The van der Waals surface area contributed by atoms with E-state index in [0.29, 0.717) is 11.3 Å². The summed E-state index contributed by atoms with van der Waals surface area (Å²) in [5.74, 6) is -0.707. The van der Waals surface area contributed by atoms with Crippen molar-refractivity contribution in [3.8, 4) is 0 Å². The number of methoxy groups -OCH3 is 1. The van der Waals surface area contributed by atoms with Crippen LogP contribution < -0.4 is 10.6 Å². The van der Waals surface area contributed by atoms with Gasteiger partial charge in [-0.1, -0.05) is 54.6 Å². The van der Waals surface area contributed by atoms with Crippen LogP contribution in [0.1, 0.15) is 28.9 Å². The molecule has 27 heavy (non-hydrogen) atoms. The molecule has 0 aliphatic heterocycles. The fourth-order valence-corrected chi connectivity index (χ4v) is 3.06. The van der Waals surface area contributed by atoms with E-state index in [1.54, 1.807) is 24.3 Å². The molecule has 138 valence electrons. The first-order valence-corrected chi connectivity index (χ1v) is 8.78. The van der Waals surface area contributed by atoms with Crippen LogP contribution in [0.5, 0.6) is 0 Å². The number of fused-ring (bicyclic) bond motifs is 1. The Morgan fingerprint density at radius 1 is 0.963 bits per heavy atom. The lowest BCUT2D eigenvalue weighted by molar-refractivity contribution is -0.115. The van der Waals surface area contributed by atoms with Crippen molar-refractivity contribution in [3.05, 3.63) is 77.9 Å². The standard InChI is InChI=1S/C22H22N2O3/c1-15(17-12-7-9-16-8-3-4-10-18(16)17)23-14-21(25)24-20-13-6-5-11-19(20)22(26)27-2/h3-13,15,23H,14H2,1-2H3,(H,24,25)/t15-/m1/s1. The Labute approximate surface area is 158 Å². The number of rotatable bonds is 6. The molecule has 0 fully saturated rings. The van der Waals surface area contributed by atoms with Crippen molar-refractivity contribution >= 4 is 28.3 Å². The van der Waals surface area contributed by atoms with Crippen molar-refractivity contribution in [2.75, 3.05) is 19.0 Å². The second-order valence-corrected chi connectivity index (χ2v) is 6.26. The van der Waals surface area contributed by atoms with E-state index in [9.17, 15) is 9.59 Å². The molecule has 2 N–H and O–H groups in total. The van der Waals surface area contributed by atoms with Gasteiger partial charge in [-0.25, -0.2) is 4.79 Å². The summed E-state index contributed by atoms with van der Waals surface area (Å²) in [6.45, 7) is 2.15. The highest BCUT2D eigenvalue weighted by Gasteiger charge is 2.14. The molecular formula is C22H22N2O3. The van der Waals surface area contributed by atoms with E-state index in [-0.39, 0.29) is 18.5 Å². The lowest BCUT2D eigenvalue weighted by Crippen LogP contribution is -2.30. The predicted octanol–water partition coefficient (Wildman–Crippen LogP) is 3.92. The molecule has 0 bridgehead atoms. The molecule has 1 amide bonds. The van der Waals surface area contributed by atoms with E-state index in [4.69, 9.17) is 4.74 Å². The summed E-state index contributed by atoms with van der Waals surface area (Å²) < 4.78 is 4.75. The topological polar surface area (TPSA) is 67.4 Å². The zero-order valence-electron chi connectivity index (χ0n) is 15.4. The van der Waals surface area contributed by atoms with Crippen molar-refractivity contribution < 1.29 is 14.3 Å². The highest BCUT2D eigenvalue weighted by molar-refractivity contribution is 6.01. The van der Waals surface area contributed by atoms with Gasteiger partial charge in [-0.2, -0.15) is 0 Å². The van der Waals surface area contributed by atoms with Crippen LogP contribution in [0.4, 0.5) is 5.69 Å². The Kier molecular flexibility index (Phi) is 5.84. The van der Waals surface area contributed by atoms with Gasteiger partial charge in [0.1, 0.15) is 0 Å². The molecule has 0 saturated heterocycles. The van der Waals surface area contributed by atoms with Crippen LogP contribution in [-0.2, 0) is 9.53 Å². The molecule has 0 heterocycles. The third-order valence-corrected chi connectivity index (χ3v) is 4.47. The van der Waals surface area contributed by atoms with Gasteiger partial charge in [-0.15, -0.1) is 0 Å². The lowest BCUT2D eigenvalue weighted by atomic mass is 10.00. The average molecular weight is 362 g/mol. The highest BCUT2D eigenvalue weighted by Crippen LogP contribution is 2.24. The van der Waals surface area contributed by atoms with Crippen LogP contribution in [0.25, 0.3) is 10.8 Å². The summed E-state index contributed by atoms with van der Waals surface area (Å²) in [4.78, 5) is 24.2. The molecule has 1 atom stereocenters. The van der Waals surface area contributed by atoms with E-state index in [0.717, 1.165) is 10.9 Å². The van der Waals surface area contributed by atoms with Gasteiger partial charge in [0.15, 0.2) is 0 Å². The Bertz CT molecular complexity index is 963. The van der Waals surface area contributed by atoms with Crippen LogP contribution in [-0.4, -0.2) is 25.5 Å². The van der Waals surface area contributed by atoms with Crippen LogP contribution in [0.2, 0.25) is 0 Å². The third-order valence-electron chi connectivity index (χ3n) is 4.47. The number of nitrogens with one attached hydrogen (secondary N) is 2. The second-order valence-electron chi connectivity index (χ2n) is 6.26. The number of hydrogen-bond acceptors (Lipinski definition) is 4. The molecule has 0 aliphatic rings. The molecule has 3 rings (SSSR count). The molecule has 3 aromatic carbocycles. The van der Waals surface area contributed by atoms with Gasteiger partial charge >= 0.3 is 5.97 Å². The Morgan fingerprint density at radius 2 is 1.67 bits per heavy atom. The first-order valence-electron chi connectivity index (χ1n) is 8.78. The number of para-hydroxylation sites is 1.